The third-order valence-corrected chi connectivity index (χ3v) is 5.89. The molecular weight excluding hydrogens is 385 g/mol. The van der Waals surface area contributed by atoms with Crippen molar-refractivity contribution in [3.63, 3.8) is 0 Å². The molecule has 10 heteroatoms. The van der Waals surface area contributed by atoms with Gasteiger partial charge >= 0.3 is 6.18 Å². The molecule has 0 aromatic carbocycles. The van der Waals surface area contributed by atoms with Gasteiger partial charge in [0.25, 0.3) is 0 Å². The van der Waals surface area contributed by atoms with Crippen molar-refractivity contribution in [2.45, 2.75) is 19.0 Å². The van der Waals surface area contributed by atoms with Gasteiger partial charge < -0.3 is 10.1 Å². The number of halogens is 4. The average molecular weight is 397 g/mol. The van der Waals surface area contributed by atoms with Gasteiger partial charge in [-0.25, -0.2) is 4.98 Å². The van der Waals surface area contributed by atoms with E-state index in [2.05, 4.69) is 10.3 Å². The number of thiophene rings is 1. The van der Waals surface area contributed by atoms with Crippen LogP contribution < -0.4 is 5.32 Å². The van der Waals surface area contributed by atoms with E-state index in [0.717, 1.165) is 16.2 Å². The number of nitrogens with one attached hydrogen (secondary N) is 1. The molecule has 0 unspecified atom stereocenters. The maximum atomic E-state index is 13.5. The lowest BCUT2D eigenvalue weighted by molar-refractivity contribution is -0.237. The van der Waals surface area contributed by atoms with E-state index < -0.39 is 17.5 Å². The zero-order valence-corrected chi connectivity index (χ0v) is 14.5. The van der Waals surface area contributed by atoms with E-state index in [1.165, 1.54) is 11.3 Å². The van der Waals surface area contributed by atoms with Gasteiger partial charge in [-0.05, 0) is 25.0 Å². The quantitative estimate of drug-likeness (QED) is 0.809. The molecule has 3 rings (SSSR count). The van der Waals surface area contributed by atoms with Crippen LogP contribution in [0.15, 0.2) is 17.5 Å². The fourth-order valence-corrected chi connectivity index (χ4v) is 4.26. The summed E-state index contributed by atoms with van der Waals surface area (Å²) in [5.41, 5.74) is -1.86. The first-order valence-electron chi connectivity index (χ1n) is 6.99. The fourth-order valence-electron chi connectivity index (χ4n) is 2.47. The minimum absolute atomic E-state index is 0.0935. The highest BCUT2D eigenvalue weighted by molar-refractivity contribution is 7.20. The number of carbonyl (C=O) groups is 1. The number of alkyl halides is 3. The maximum Gasteiger partial charge on any atom is 0.403 e. The molecule has 0 aliphatic carbocycles. The van der Waals surface area contributed by atoms with E-state index in [-0.39, 0.29) is 31.2 Å². The summed E-state index contributed by atoms with van der Waals surface area (Å²) < 4.78 is 46.0. The SMILES string of the molecule is O=C(Nc1nc(-c2ccc(Cl)s2)cs1)C1(C(F)(F)F)CCOCC1. The van der Waals surface area contributed by atoms with Gasteiger partial charge in [0.05, 0.1) is 14.9 Å². The van der Waals surface area contributed by atoms with E-state index in [1.54, 1.807) is 17.5 Å². The molecule has 4 nitrogen and oxygen atoms in total. The zero-order valence-electron chi connectivity index (χ0n) is 12.2. The highest BCUT2D eigenvalue weighted by atomic mass is 35.5. The van der Waals surface area contributed by atoms with Gasteiger partial charge in [-0.3, -0.25) is 4.79 Å². The number of nitrogens with zero attached hydrogens (tertiary/aromatic N) is 1. The van der Waals surface area contributed by atoms with Crippen molar-refractivity contribution < 1.29 is 22.7 Å². The molecule has 1 amide bonds. The number of amides is 1. The summed E-state index contributed by atoms with van der Waals surface area (Å²) in [7, 11) is 0. The standard InChI is InChI=1S/C14H12ClF3N2O2S2/c15-10-2-1-9(24-10)8-7-23-12(19-8)20-11(21)13(14(16,17)18)3-5-22-6-4-13/h1-2,7H,3-6H2,(H,19,20,21). The van der Waals surface area contributed by atoms with Crippen LogP contribution in [0.4, 0.5) is 18.3 Å². The second-order valence-electron chi connectivity index (χ2n) is 5.29. The summed E-state index contributed by atoms with van der Waals surface area (Å²) in [6, 6.07) is 3.48. The topological polar surface area (TPSA) is 51.2 Å². The van der Waals surface area contributed by atoms with Gasteiger partial charge in [0, 0.05) is 18.6 Å². The Hall–Kier alpha value is -1.16. The van der Waals surface area contributed by atoms with Gasteiger partial charge in [0.1, 0.15) is 5.41 Å². The summed E-state index contributed by atoms with van der Waals surface area (Å²) in [5.74, 6) is -1.08. The predicted molar refractivity (Wildman–Crippen MR) is 87.6 cm³/mol. The van der Waals surface area contributed by atoms with Crippen LogP contribution in [-0.2, 0) is 9.53 Å². The fraction of sp³-hybridized carbons (Fsp3) is 0.429. The molecule has 3 heterocycles. The Bertz CT molecular complexity index is 738. The highest BCUT2D eigenvalue weighted by Crippen LogP contribution is 2.47. The molecular formula is C14H12ClF3N2O2S2. The summed E-state index contributed by atoms with van der Waals surface area (Å²) in [6.07, 6.45) is -5.41. The molecule has 1 aliphatic rings. The molecule has 0 bridgehead atoms. The lowest BCUT2D eigenvalue weighted by Crippen LogP contribution is -2.51. The summed E-state index contributed by atoms with van der Waals surface area (Å²) in [4.78, 5) is 17.3. The average Bonchev–Trinajstić information content (AvgIpc) is 3.15. The van der Waals surface area contributed by atoms with Gasteiger partial charge in [-0.15, -0.1) is 22.7 Å². The second-order valence-corrected chi connectivity index (χ2v) is 7.86. The molecule has 1 N–H and O–H groups in total. The molecule has 0 spiro atoms. The normalized spacial score (nSPS) is 17.7. The van der Waals surface area contributed by atoms with E-state index in [9.17, 15) is 18.0 Å². The minimum Gasteiger partial charge on any atom is -0.381 e. The summed E-state index contributed by atoms with van der Waals surface area (Å²) in [6.45, 7) is -0.187. The molecule has 2 aromatic heterocycles. The number of anilines is 1. The van der Waals surface area contributed by atoms with Crippen LogP contribution in [0.25, 0.3) is 10.6 Å². The first-order valence-corrected chi connectivity index (χ1v) is 9.06. The number of rotatable bonds is 3. The number of carbonyl (C=O) groups excluding carboxylic acids is 1. The Labute approximate surface area is 148 Å². The molecule has 1 saturated heterocycles. The van der Waals surface area contributed by atoms with Crippen molar-refractivity contribution in [2.75, 3.05) is 18.5 Å². The predicted octanol–water partition coefficient (Wildman–Crippen LogP) is 4.82. The lowest BCUT2D eigenvalue weighted by Gasteiger charge is -2.36. The number of hydrogen-bond acceptors (Lipinski definition) is 5. The van der Waals surface area contributed by atoms with E-state index in [4.69, 9.17) is 16.3 Å². The summed E-state index contributed by atoms with van der Waals surface area (Å²) in [5, 5.41) is 4.12. The van der Waals surface area contributed by atoms with Crippen LogP contribution in [0.3, 0.4) is 0 Å². The molecule has 2 aromatic rings. The highest BCUT2D eigenvalue weighted by Gasteiger charge is 2.60. The summed E-state index contributed by atoms with van der Waals surface area (Å²) >= 11 is 8.24. The van der Waals surface area contributed by atoms with Crippen LogP contribution in [0.2, 0.25) is 4.34 Å². The van der Waals surface area contributed by atoms with E-state index in [0.29, 0.717) is 10.0 Å². The number of ether oxygens (including phenoxy) is 1. The Morgan fingerprint density at radius 1 is 1.33 bits per heavy atom. The van der Waals surface area contributed by atoms with Gasteiger partial charge in [-0.2, -0.15) is 13.2 Å². The molecule has 0 radical (unpaired) electrons. The van der Waals surface area contributed by atoms with Crippen molar-refractivity contribution in [1.29, 1.82) is 0 Å². The van der Waals surface area contributed by atoms with Crippen LogP contribution in [0.5, 0.6) is 0 Å². The molecule has 24 heavy (non-hydrogen) atoms. The zero-order chi connectivity index (χ0) is 17.4. The van der Waals surface area contributed by atoms with Crippen molar-refractivity contribution >= 4 is 45.3 Å². The number of thiazole rings is 1. The van der Waals surface area contributed by atoms with E-state index in [1.807, 2.05) is 0 Å². The molecule has 0 atom stereocenters. The first kappa shape index (κ1) is 17.7. The van der Waals surface area contributed by atoms with Crippen LogP contribution in [0, 0.1) is 5.41 Å². The van der Waals surface area contributed by atoms with Crippen LogP contribution in [0.1, 0.15) is 12.8 Å². The van der Waals surface area contributed by atoms with Crippen molar-refractivity contribution in [3.05, 3.63) is 21.8 Å². The van der Waals surface area contributed by atoms with Gasteiger partial charge in [-0.1, -0.05) is 11.6 Å². The Kier molecular flexibility index (Phi) is 4.87. The smallest absolute Gasteiger partial charge is 0.381 e. The first-order chi connectivity index (χ1) is 11.3. The number of hydrogen-bond donors (Lipinski definition) is 1. The maximum absolute atomic E-state index is 13.5. The molecule has 0 saturated carbocycles. The molecule has 1 aliphatic heterocycles. The molecule has 1 fully saturated rings. The van der Waals surface area contributed by atoms with Crippen molar-refractivity contribution in [1.82, 2.24) is 4.98 Å². The Balaban J connectivity index is 1.79. The monoisotopic (exact) mass is 396 g/mol. The molecule has 130 valence electrons. The lowest BCUT2D eigenvalue weighted by atomic mass is 9.78. The Morgan fingerprint density at radius 2 is 2.04 bits per heavy atom. The largest absolute Gasteiger partial charge is 0.403 e. The second kappa shape index (κ2) is 6.62. The van der Waals surface area contributed by atoms with E-state index >= 15 is 0 Å². The van der Waals surface area contributed by atoms with Crippen molar-refractivity contribution in [3.8, 4) is 10.6 Å². The minimum atomic E-state index is -4.64. The van der Waals surface area contributed by atoms with Gasteiger partial charge in [0.15, 0.2) is 5.13 Å². The number of aromatic nitrogens is 1. The van der Waals surface area contributed by atoms with Gasteiger partial charge in [0.2, 0.25) is 5.91 Å². The Morgan fingerprint density at radius 3 is 2.62 bits per heavy atom. The van der Waals surface area contributed by atoms with Crippen LogP contribution >= 0.6 is 34.3 Å². The van der Waals surface area contributed by atoms with Crippen molar-refractivity contribution in [2.24, 2.45) is 5.41 Å². The van der Waals surface area contributed by atoms with Crippen LogP contribution in [-0.4, -0.2) is 30.3 Å². The third kappa shape index (κ3) is 3.30. The third-order valence-electron chi connectivity index (χ3n) is 3.87.